The summed E-state index contributed by atoms with van der Waals surface area (Å²) in [7, 11) is -2.30. The molecule has 0 aliphatic heterocycles. The molecule has 0 saturated carbocycles. The van der Waals surface area contributed by atoms with E-state index in [1.54, 1.807) is 14.0 Å². The fourth-order valence-electron chi connectivity index (χ4n) is 1.32. The molecule has 0 aromatic rings. The molecule has 0 aliphatic rings. The highest BCUT2D eigenvalue weighted by atomic mass is 31.2. The lowest BCUT2D eigenvalue weighted by molar-refractivity contribution is -0.0107. The molecular formula is C13H29O9P. The van der Waals surface area contributed by atoms with E-state index < -0.39 is 7.82 Å². The van der Waals surface area contributed by atoms with Gasteiger partial charge in [-0.05, 0) is 6.92 Å². The average Bonchev–Trinajstić information content (AvgIpc) is 2.51. The Morgan fingerprint density at radius 2 is 1.09 bits per heavy atom. The van der Waals surface area contributed by atoms with Crippen molar-refractivity contribution in [1.82, 2.24) is 0 Å². The van der Waals surface area contributed by atoms with Crippen LogP contribution in [0, 0.1) is 0 Å². The fraction of sp³-hybridized carbons (Fsp3) is 1.00. The van der Waals surface area contributed by atoms with E-state index in [1.807, 2.05) is 0 Å². The Hall–Kier alpha value is -0.0900. The summed E-state index contributed by atoms with van der Waals surface area (Å²) in [6, 6.07) is 0. The lowest BCUT2D eigenvalue weighted by Crippen LogP contribution is -2.13. The number of hydrogen-bond donors (Lipinski definition) is 1. The van der Waals surface area contributed by atoms with Gasteiger partial charge in [-0.1, -0.05) is 0 Å². The van der Waals surface area contributed by atoms with Crippen molar-refractivity contribution < 1.29 is 42.2 Å². The van der Waals surface area contributed by atoms with Gasteiger partial charge in [0.2, 0.25) is 0 Å². The highest BCUT2D eigenvalue weighted by Gasteiger charge is 2.18. The van der Waals surface area contributed by atoms with E-state index in [0.29, 0.717) is 52.9 Å². The molecule has 0 radical (unpaired) electrons. The molecule has 140 valence electrons. The van der Waals surface area contributed by atoms with Gasteiger partial charge in [0.05, 0.1) is 72.7 Å². The molecular weight excluding hydrogens is 331 g/mol. The fourth-order valence-corrected chi connectivity index (χ4v) is 2.02. The molecule has 0 spiro atoms. The van der Waals surface area contributed by atoms with Crippen LogP contribution in [0.25, 0.3) is 0 Å². The Kier molecular flexibility index (Phi) is 16.7. The molecule has 1 unspecified atom stereocenters. The molecule has 23 heavy (non-hydrogen) atoms. The Labute approximate surface area is 137 Å². The summed E-state index contributed by atoms with van der Waals surface area (Å²) in [5.74, 6) is 0. The Morgan fingerprint density at radius 1 is 0.696 bits per heavy atom. The number of rotatable bonds is 18. The van der Waals surface area contributed by atoms with E-state index >= 15 is 0 Å². The van der Waals surface area contributed by atoms with Crippen molar-refractivity contribution in [2.45, 2.75) is 6.92 Å². The van der Waals surface area contributed by atoms with E-state index in [-0.39, 0.29) is 19.8 Å². The van der Waals surface area contributed by atoms with Crippen molar-refractivity contribution in [3.05, 3.63) is 0 Å². The lowest BCUT2D eigenvalue weighted by atomic mass is 10.7. The van der Waals surface area contributed by atoms with Crippen LogP contribution >= 0.6 is 7.82 Å². The maximum Gasteiger partial charge on any atom is 0.472 e. The van der Waals surface area contributed by atoms with Gasteiger partial charge >= 0.3 is 7.82 Å². The number of methoxy groups -OCH3 is 1. The molecule has 10 heteroatoms. The molecule has 0 fully saturated rings. The van der Waals surface area contributed by atoms with Gasteiger partial charge in [-0.25, -0.2) is 4.57 Å². The largest absolute Gasteiger partial charge is 0.472 e. The minimum atomic E-state index is -3.92. The molecule has 0 aliphatic carbocycles. The SMILES string of the molecule is CCOP(=O)(O)OCCOCCOCCOCCOCCOC. The van der Waals surface area contributed by atoms with E-state index in [2.05, 4.69) is 9.05 Å². The van der Waals surface area contributed by atoms with Crippen molar-refractivity contribution in [3.8, 4) is 0 Å². The normalized spacial score (nSPS) is 14.0. The summed E-state index contributed by atoms with van der Waals surface area (Å²) >= 11 is 0. The quantitative estimate of drug-likeness (QED) is 0.281. The van der Waals surface area contributed by atoms with Crippen LogP contribution in [0.1, 0.15) is 6.92 Å². The van der Waals surface area contributed by atoms with Crippen LogP contribution in [0.5, 0.6) is 0 Å². The van der Waals surface area contributed by atoms with Crippen molar-refractivity contribution in [2.75, 3.05) is 79.8 Å². The second kappa shape index (κ2) is 16.8. The summed E-state index contributed by atoms with van der Waals surface area (Å²) in [6.45, 7) is 5.82. The van der Waals surface area contributed by atoms with Crippen molar-refractivity contribution >= 4 is 7.82 Å². The first-order chi connectivity index (χ1) is 11.1. The minimum Gasteiger partial charge on any atom is -0.382 e. The third-order valence-electron chi connectivity index (χ3n) is 2.32. The highest BCUT2D eigenvalue weighted by Crippen LogP contribution is 2.42. The number of phosphoric ester groups is 1. The summed E-state index contributed by atoms with van der Waals surface area (Å²) in [4.78, 5) is 9.12. The summed E-state index contributed by atoms with van der Waals surface area (Å²) < 4.78 is 46.2. The zero-order chi connectivity index (χ0) is 17.2. The Balaban J connectivity index is 3.12. The summed E-state index contributed by atoms with van der Waals surface area (Å²) in [5.41, 5.74) is 0. The number of phosphoric acid groups is 1. The van der Waals surface area contributed by atoms with Crippen LogP contribution in [0.15, 0.2) is 0 Å². The first-order valence-corrected chi connectivity index (χ1v) is 9.03. The molecule has 0 rings (SSSR count). The number of ether oxygens (including phenoxy) is 5. The van der Waals surface area contributed by atoms with Gasteiger partial charge in [-0.2, -0.15) is 0 Å². The van der Waals surface area contributed by atoms with Gasteiger partial charge in [0, 0.05) is 7.11 Å². The predicted octanol–water partition coefficient (Wildman–Crippen LogP) is 0.853. The molecule has 1 atom stereocenters. The molecule has 1 N–H and O–H groups in total. The van der Waals surface area contributed by atoms with Gasteiger partial charge < -0.3 is 28.6 Å². The maximum atomic E-state index is 11.1. The molecule has 0 bridgehead atoms. The van der Waals surface area contributed by atoms with Crippen LogP contribution in [0.2, 0.25) is 0 Å². The second-order valence-corrected chi connectivity index (χ2v) is 5.62. The van der Waals surface area contributed by atoms with Crippen molar-refractivity contribution in [3.63, 3.8) is 0 Å². The second-order valence-electron chi connectivity index (χ2n) is 4.16. The average molecular weight is 360 g/mol. The van der Waals surface area contributed by atoms with Gasteiger partial charge in [-0.15, -0.1) is 0 Å². The molecule has 9 nitrogen and oxygen atoms in total. The van der Waals surface area contributed by atoms with Crippen LogP contribution in [0.3, 0.4) is 0 Å². The minimum absolute atomic E-state index is 0.0139. The summed E-state index contributed by atoms with van der Waals surface area (Å²) in [5, 5.41) is 0. The van der Waals surface area contributed by atoms with Crippen LogP contribution in [-0.4, -0.2) is 84.7 Å². The van der Waals surface area contributed by atoms with Crippen molar-refractivity contribution in [2.24, 2.45) is 0 Å². The standard InChI is InChI=1S/C13H29O9P/c1-3-21-23(14,15)22-13-12-20-11-10-19-9-8-18-7-6-17-5-4-16-2/h3-13H2,1-2H3,(H,14,15). The van der Waals surface area contributed by atoms with Crippen LogP contribution in [-0.2, 0) is 37.3 Å². The van der Waals surface area contributed by atoms with Gasteiger partial charge in [0.1, 0.15) is 0 Å². The number of hydrogen-bond acceptors (Lipinski definition) is 8. The van der Waals surface area contributed by atoms with Gasteiger partial charge in [0.25, 0.3) is 0 Å². The smallest absolute Gasteiger partial charge is 0.382 e. The van der Waals surface area contributed by atoms with Gasteiger partial charge in [-0.3, -0.25) is 9.05 Å². The zero-order valence-corrected chi connectivity index (χ0v) is 14.8. The van der Waals surface area contributed by atoms with E-state index in [4.69, 9.17) is 28.6 Å². The molecule has 0 amide bonds. The Bertz CT molecular complexity index is 291. The topological polar surface area (TPSA) is 102 Å². The lowest BCUT2D eigenvalue weighted by Gasteiger charge is -2.11. The van der Waals surface area contributed by atoms with Crippen LogP contribution in [0.4, 0.5) is 0 Å². The zero-order valence-electron chi connectivity index (χ0n) is 13.9. The Morgan fingerprint density at radius 3 is 1.48 bits per heavy atom. The van der Waals surface area contributed by atoms with E-state index in [0.717, 1.165) is 0 Å². The van der Waals surface area contributed by atoms with Gasteiger partial charge in [0.15, 0.2) is 0 Å². The molecule has 0 heterocycles. The molecule has 0 aromatic heterocycles. The first-order valence-electron chi connectivity index (χ1n) is 7.54. The highest BCUT2D eigenvalue weighted by molar-refractivity contribution is 7.47. The van der Waals surface area contributed by atoms with E-state index in [9.17, 15) is 4.57 Å². The maximum absolute atomic E-state index is 11.1. The molecule has 0 aromatic carbocycles. The third-order valence-corrected chi connectivity index (χ3v) is 3.42. The van der Waals surface area contributed by atoms with E-state index in [1.165, 1.54) is 0 Å². The predicted molar refractivity (Wildman–Crippen MR) is 82.6 cm³/mol. The summed E-state index contributed by atoms with van der Waals surface area (Å²) in [6.07, 6.45) is 0. The third kappa shape index (κ3) is 18.1. The molecule has 0 saturated heterocycles. The monoisotopic (exact) mass is 360 g/mol. The van der Waals surface area contributed by atoms with Crippen LogP contribution < -0.4 is 0 Å². The first kappa shape index (κ1) is 22.9. The van der Waals surface area contributed by atoms with Crippen molar-refractivity contribution in [1.29, 1.82) is 0 Å².